The Kier molecular flexibility index (Phi) is 4.40. The van der Waals surface area contributed by atoms with Crippen LogP contribution >= 0.6 is 0 Å². The molecule has 0 aliphatic rings. The molecule has 0 unspecified atom stereocenters. The van der Waals surface area contributed by atoms with Crippen LogP contribution in [0.5, 0.6) is 5.75 Å². The zero-order valence-electron chi connectivity index (χ0n) is 11.0. The summed E-state index contributed by atoms with van der Waals surface area (Å²) in [7, 11) is 0. The van der Waals surface area contributed by atoms with Crippen molar-refractivity contribution >= 4 is 5.91 Å². The van der Waals surface area contributed by atoms with E-state index in [9.17, 15) is 4.79 Å². The first-order valence-corrected chi connectivity index (χ1v) is 6.15. The smallest absolute Gasteiger partial charge is 0.258 e. The minimum atomic E-state index is -0.238. The molecule has 0 saturated carbocycles. The van der Waals surface area contributed by atoms with Gasteiger partial charge in [0.2, 0.25) is 0 Å². The molecule has 0 bridgehead atoms. The zero-order chi connectivity index (χ0) is 14.4. The van der Waals surface area contributed by atoms with Gasteiger partial charge in [0, 0.05) is 0 Å². The van der Waals surface area contributed by atoms with Gasteiger partial charge >= 0.3 is 0 Å². The number of benzene rings is 1. The fourth-order valence-corrected chi connectivity index (χ4v) is 1.67. The van der Waals surface area contributed by atoms with Gasteiger partial charge in [-0.1, -0.05) is 0 Å². The van der Waals surface area contributed by atoms with Crippen molar-refractivity contribution in [1.29, 1.82) is 5.26 Å². The second-order valence-corrected chi connectivity index (χ2v) is 4.23. The predicted octanol–water partition coefficient (Wildman–Crippen LogP) is 2.41. The van der Waals surface area contributed by atoms with E-state index in [0.29, 0.717) is 17.1 Å². The summed E-state index contributed by atoms with van der Waals surface area (Å²) >= 11 is 0. The van der Waals surface area contributed by atoms with Crippen LogP contribution in [0.3, 0.4) is 0 Å². The van der Waals surface area contributed by atoms with Gasteiger partial charge in [-0.3, -0.25) is 4.79 Å². The average molecular weight is 270 g/mol. The predicted molar refractivity (Wildman–Crippen MR) is 71.9 cm³/mol. The van der Waals surface area contributed by atoms with Crippen LogP contribution in [-0.2, 0) is 4.79 Å². The van der Waals surface area contributed by atoms with Gasteiger partial charge in [0.25, 0.3) is 5.91 Å². The standard InChI is InChI=1S/C15H14N2O3/c1-11(14-3-2-8-19-14)17-15(18)10-20-13-6-4-12(9-16)5-7-13/h2-8,11H,10H2,1H3,(H,17,18)/t11-/m1/s1. The van der Waals surface area contributed by atoms with Gasteiger partial charge in [0.15, 0.2) is 6.61 Å². The maximum absolute atomic E-state index is 11.7. The summed E-state index contributed by atoms with van der Waals surface area (Å²) in [6.45, 7) is 1.75. The number of carbonyl (C=O) groups excluding carboxylic acids is 1. The lowest BCUT2D eigenvalue weighted by atomic mass is 10.2. The van der Waals surface area contributed by atoms with Crippen LogP contribution < -0.4 is 10.1 Å². The monoisotopic (exact) mass is 270 g/mol. The van der Waals surface area contributed by atoms with E-state index in [4.69, 9.17) is 14.4 Å². The minimum absolute atomic E-state index is 0.0864. The van der Waals surface area contributed by atoms with Gasteiger partial charge in [-0.15, -0.1) is 0 Å². The van der Waals surface area contributed by atoms with Crippen LogP contribution in [0.2, 0.25) is 0 Å². The molecule has 5 nitrogen and oxygen atoms in total. The number of nitriles is 1. The second kappa shape index (κ2) is 6.43. The molecule has 1 heterocycles. The highest BCUT2D eigenvalue weighted by Crippen LogP contribution is 2.13. The number of ether oxygens (including phenoxy) is 1. The molecule has 20 heavy (non-hydrogen) atoms. The topological polar surface area (TPSA) is 75.3 Å². The summed E-state index contributed by atoms with van der Waals surface area (Å²) in [4.78, 5) is 11.7. The van der Waals surface area contributed by atoms with Gasteiger partial charge in [-0.25, -0.2) is 0 Å². The summed E-state index contributed by atoms with van der Waals surface area (Å²) < 4.78 is 10.5. The second-order valence-electron chi connectivity index (χ2n) is 4.23. The number of hydrogen-bond donors (Lipinski definition) is 1. The van der Waals surface area contributed by atoms with Gasteiger partial charge in [0.1, 0.15) is 11.5 Å². The Balaban J connectivity index is 1.81. The number of rotatable bonds is 5. The van der Waals surface area contributed by atoms with Gasteiger partial charge in [-0.05, 0) is 43.3 Å². The number of nitrogens with one attached hydrogen (secondary N) is 1. The van der Waals surface area contributed by atoms with E-state index in [2.05, 4.69) is 5.32 Å². The summed E-state index contributed by atoms with van der Waals surface area (Å²) in [5.74, 6) is 1.000. The molecule has 1 N–H and O–H groups in total. The van der Waals surface area contributed by atoms with E-state index in [1.807, 2.05) is 13.0 Å². The van der Waals surface area contributed by atoms with Crippen LogP contribution in [0.4, 0.5) is 0 Å². The molecule has 1 atom stereocenters. The van der Waals surface area contributed by atoms with Crippen molar-refractivity contribution in [3.05, 3.63) is 54.0 Å². The Morgan fingerprint density at radius 2 is 2.15 bits per heavy atom. The highest BCUT2D eigenvalue weighted by molar-refractivity contribution is 5.77. The van der Waals surface area contributed by atoms with Crippen LogP contribution in [0.25, 0.3) is 0 Å². The third kappa shape index (κ3) is 3.62. The summed E-state index contributed by atoms with van der Waals surface area (Å²) in [5.41, 5.74) is 0.549. The number of carbonyl (C=O) groups is 1. The summed E-state index contributed by atoms with van der Waals surface area (Å²) in [6.07, 6.45) is 1.56. The molecule has 1 aromatic carbocycles. The lowest BCUT2D eigenvalue weighted by Gasteiger charge is -2.12. The molecular formula is C15H14N2O3. The van der Waals surface area contributed by atoms with Crippen LogP contribution in [-0.4, -0.2) is 12.5 Å². The molecule has 102 valence electrons. The molecular weight excluding hydrogens is 256 g/mol. The Hall–Kier alpha value is -2.74. The Morgan fingerprint density at radius 1 is 1.40 bits per heavy atom. The normalized spacial score (nSPS) is 11.4. The Morgan fingerprint density at radius 3 is 2.75 bits per heavy atom. The lowest BCUT2D eigenvalue weighted by molar-refractivity contribution is -0.123. The molecule has 2 rings (SSSR count). The molecule has 0 fully saturated rings. The average Bonchev–Trinajstić information content (AvgIpc) is 3.00. The van der Waals surface area contributed by atoms with Crippen molar-refractivity contribution < 1.29 is 13.9 Å². The first kappa shape index (κ1) is 13.7. The minimum Gasteiger partial charge on any atom is -0.484 e. The number of hydrogen-bond acceptors (Lipinski definition) is 4. The Bertz CT molecular complexity index is 597. The maximum Gasteiger partial charge on any atom is 0.258 e. The van der Waals surface area contributed by atoms with Crippen molar-refractivity contribution in [2.24, 2.45) is 0 Å². The van der Waals surface area contributed by atoms with E-state index < -0.39 is 0 Å². The van der Waals surface area contributed by atoms with Crippen LogP contribution in [0.1, 0.15) is 24.3 Å². The van der Waals surface area contributed by atoms with Crippen LogP contribution in [0, 0.1) is 11.3 Å². The number of furan rings is 1. The largest absolute Gasteiger partial charge is 0.484 e. The third-order valence-electron chi connectivity index (χ3n) is 2.70. The van der Waals surface area contributed by atoms with Gasteiger partial charge in [0.05, 0.1) is 23.9 Å². The van der Waals surface area contributed by atoms with Gasteiger partial charge < -0.3 is 14.5 Å². The SMILES string of the molecule is C[C@@H](NC(=O)COc1ccc(C#N)cc1)c1ccco1. The van der Waals surface area contributed by atoms with E-state index in [1.165, 1.54) is 0 Å². The zero-order valence-corrected chi connectivity index (χ0v) is 11.0. The van der Waals surface area contributed by atoms with Crippen molar-refractivity contribution in [2.75, 3.05) is 6.61 Å². The molecule has 1 amide bonds. The molecule has 0 aliphatic carbocycles. The van der Waals surface area contributed by atoms with Crippen LogP contribution in [0.15, 0.2) is 47.1 Å². The highest BCUT2D eigenvalue weighted by atomic mass is 16.5. The highest BCUT2D eigenvalue weighted by Gasteiger charge is 2.12. The Labute approximate surface area is 116 Å². The number of nitrogens with zero attached hydrogens (tertiary/aromatic N) is 1. The molecule has 0 saturated heterocycles. The molecule has 0 aliphatic heterocycles. The molecule has 5 heteroatoms. The quantitative estimate of drug-likeness (QED) is 0.905. The first-order valence-electron chi connectivity index (χ1n) is 6.15. The fraction of sp³-hybridized carbons (Fsp3) is 0.200. The first-order chi connectivity index (χ1) is 9.69. The lowest BCUT2D eigenvalue weighted by Crippen LogP contribution is -2.31. The molecule has 0 radical (unpaired) electrons. The van der Waals surface area contributed by atoms with Crippen molar-refractivity contribution in [3.8, 4) is 11.8 Å². The van der Waals surface area contributed by atoms with E-state index in [1.54, 1.807) is 42.7 Å². The molecule has 2 aromatic rings. The molecule has 1 aromatic heterocycles. The van der Waals surface area contributed by atoms with Crippen molar-refractivity contribution in [2.45, 2.75) is 13.0 Å². The fourth-order valence-electron chi connectivity index (χ4n) is 1.67. The van der Waals surface area contributed by atoms with E-state index in [-0.39, 0.29) is 18.6 Å². The van der Waals surface area contributed by atoms with E-state index >= 15 is 0 Å². The molecule has 0 spiro atoms. The summed E-state index contributed by atoms with van der Waals surface area (Å²) in [6, 6.07) is 12.0. The van der Waals surface area contributed by atoms with Gasteiger partial charge in [-0.2, -0.15) is 5.26 Å². The maximum atomic E-state index is 11.7. The third-order valence-corrected chi connectivity index (χ3v) is 2.70. The van der Waals surface area contributed by atoms with E-state index in [0.717, 1.165) is 0 Å². The van der Waals surface area contributed by atoms with Crippen molar-refractivity contribution in [3.63, 3.8) is 0 Å². The van der Waals surface area contributed by atoms with Crippen molar-refractivity contribution in [1.82, 2.24) is 5.32 Å². The number of amides is 1. The summed E-state index contributed by atoms with van der Waals surface area (Å²) in [5, 5.41) is 11.4.